The van der Waals surface area contributed by atoms with Crippen LogP contribution in [-0.4, -0.2) is 31.6 Å². The molecule has 28 heavy (non-hydrogen) atoms. The van der Waals surface area contributed by atoms with Crippen molar-refractivity contribution in [2.45, 2.75) is 33.6 Å². The Bertz CT molecular complexity index is 879. The molecule has 2 aromatic rings. The zero-order chi connectivity index (χ0) is 20.1. The van der Waals surface area contributed by atoms with E-state index in [1.165, 1.54) is 0 Å². The van der Waals surface area contributed by atoms with E-state index in [0.29, 0.717) is 29.4 Å². The third kappa shape index (κ3) is 4.63. The van der Waals surface area contributed by atoms with Gasteiger partial charge in [-0.25, -0.2) is 0 Å². The number of nitrogens with one attached hydrogen (secondary N) is 1. The van der Waals surface area contributed by atoms with Crippen LogP contribution in [0.2, 0.25) is 0 Å². The van der Waals surface area contributed by atoms with Crippen molar-refractivity contribution in [3.63, 3.8) is 0 Å². The second kappa shape index (κ2) is 8.78. The summed E-state index contributed by atoms with van der Waals surface area (Å²) >= 11 is 0. The molecule has 148 valence electrons. The van der Waals surface area contributed by atoms with Crippen LogP contribution in [0.25, 0.3) is 0 Å². The molecule has 2 amide bonds. The Morgan fingerprint density at radius 2 is 2.04 bits per heavy atom. The highest BCUT2D eigenvalue weighted by atomic mass is 16.5. The highest BCUT2D eigenvalue weighted by molar-refractivity contribution is 5.99. The molecule has 0 aromatic heterocycles. The summed E-state index contributed by atoms with van der Waals surface area (Å²) in [4.78, 5) is 26.3. The van der Waals surface area contributed by atoms with Gasteiger partial charge < -0.3 is 19.7 Å². The number of ether oxygens (including phenoxy) is 2. The fourth-order valence-electron chi connectivity index (χ4n) is 3.04. The van der Waals surface area contributed by atoms with Crippen molar-refractivity contribution in [1.29, 1.82) is 0 Å². The van der Waals surface area contributed by atoms with Crippen molar-refractivity contribution in [3.05, 3.63) is 47.5 Å². The van der Waals surface area contributed by atoms with Gasteiger partial charge >= 0.3 is 0 Å². The Morgan fingerprint density at radius 1 is 1.21 bits per heavy atom. The van der Waals surface area contributed by atoms with Gasteiger partial charge in [0.1, 0.15) is 11.5 Å². The molecule has 1 aliphatic rings. The van der Waals surface area contributed by atoms with Crippen LogP contribution in [0, 0.1) is 13.8 Å². The van der Waals surface area contributed by atoms with Gasteiger partial charge in [-0.1, -0.05) is 25.5 Å². The van der Waals surface area contributed by atoms with E-state index in [-0.39, 0.29) is 25.0 Å². The number of amides is 2. The van der Waals surface area contributed by atoms with Gasteiger partial charge in [0, 0.05) is 12.2 Å². The molecule has 3 rings (SSSR count). The predicted molar refractivity (Wildman–Crippen MR) is 109 cm³/mol. The Morgan fingerprint density at radius 3 is 2.82 bits per heavy atom. The lowest BCUT2D eigenvalue weighted by molar-refractivity contribution is -0.121. The molecular weight excluding hydrogens is 356 g/mol. The molecule has 6 nitrogen and oxygen atoms in total. The monoisotopic (exact) mass is 382 g/mol. The van der Waals surface area contributed by atoms with E-state index in [1.54, 1.807) is 23.1 Å². The molecule has 1 N–H and O–H groups in total. The largest absolute Gasteiger partial charge is 0.483 e. The van der Waals surface area contributed by atoms with Crippen molar-refractivity contribution < 1.29 is 19.1 Å². The number of nitrogens with zero attached hydrogens (tertiary/aromatic N) is 1. The number of carbonyl (C=O) groups is 2. The SMILES string of the molecule is CCCCN1C(=O)COc2ccc(NC(=O)COc3cc(C)ccc3C)cc21. The summed E-state index contributed by atoms with van der Waals surface area (Å²) < 4.78 is 11.2. The molecule has 0 saturated heterocycles. The molecule has 0 aliphatic carbocycles. The van der Waals surface area contributed by atoms with Gasteiger partial charge in [-0.05, 0) is 55.7 Å². The van der Waals surface area contributed by atoms with E-state index >= 15 is 0 Å². The van der Waals surface area contributed by atoms with Crippen LogP contribution < -0.4 is 19.7 Å². The van der Waals surface area contributed by atoms with Crippen molar-refractivity contribution in [3.8, 4) is 11.5 Å². The molecule has 0 saturated carbocycles. The van der Waals surface area contributed by atoms with Gasteiger partial charge in [0.2, 0.25) is 0 Å². The summed E-state index contributed by atoms with van der Waals surface area (Å²) in [6, 6.07) is 11.2. The minimum atomic E-state index is -0.260. The normalized spacial score (nSPS) is 13.0. The maximum atomic E-state index is 12.3. The minimum Gasteiger partial charge on any atom is -0.483 e. The Kier molecular flexibility index (Phi) is 6.19. The van der Waals surface area contributed by atoms with E-state index in [4.69, 9.17) is 9.47 Å². The number of rotatable bonds is 7. The maximum Gasteiger partial charge on any atom is 0.265 e. The molecule has 0 bridgehead atoms. The predicted octanol–water partition coefficient (Wildman–Crippen LogP) is 3.85. The van der Waals surface area contributed by atoms with E-state index in [1.807, 2.05) is 32.0 Å². The third-order valence-electron chi connectivity index (χ3n) is 4.62. The number of hydrogen-bond acceptors (Lipinski definition) is 4. The van der Waals surface area contributed by atoms with Crippen LogP contribution in [0.5, 0.6) is 11.5 Å². The lowest BCUT2D eigenvalue weighted by Crippen LogP contribution is -2.39. The van der Waals surface area contributed by atoms with Gasteiger partial charge in [-0.3, -0.25) is 9.59 Å². The van der Waals surface area contributed by atoms with E-state index < -0.39 is 0 Å². The number of anilines is 2. The zero-order valence-electron chi connectivity index (χ0n) is 16.6. The average molecular weight is 382 g/mol. The van der Waals surface area contributed by atoms with E-state index in [2.05, 4.69) is 12.2 Å². The quantitative estimate of drug-likeness (QED) is 0.790. The Labute approximate surface area is 165 Å². The summed E-state index contributed by atoms with van der Waals surface area (Å²) in [7, 11) is 0. The van der Waals surface area contributed by atoms with E-state index in [0.717, 1.165) is 24.0 Å². The summed E-state index contributed by atoms with van der Waals surface area (Å²) in [5.41, 5.74) is 3.35. The first-order valence-corrected chi connectivity index (χ1v) is 9.55. The fraction of sp³-hybridized carbons (Fsp3) is 0.364. The number of aryl methyl sites for hydroxylation is 2. The van der Waals surface area contributed by atoms with Gasteiger partial charge in [0.05, 0.1) is 5.69 Å². The van der Waals surface area contributed by atoms with Crippen molar-refractivity contribution in [1.82, 2.24) is 0 Å². The highest BCUT2D eigenvalue weighted by Gasteiger charge is 2.25. The molecule has 2 aromatic carbocycles. The van der Waals surface area contributed by atoms with Crippen LogP contribution in [-0.2, 0) is 9.59 Å². The summed E-state index contributed by atoms with van der Waals surface area (Å²) in [5, 5.41) is 2.83. The van der Waals surface area contributed by atoms with Crippen LogP contribution in [0.4, 0.5) is 11.4 Å². The van der Waals surface area contributed by atoms with Crippen LogP contribution in [0.15, 0.2) is 36.4 Å². The first-order chi connectivity index (χ1) is 13.5. The van der Waals surface area contributed by atoms with E-state index in [9.17, 15) is 9.59 Å². The van der Waals surface area contributed by atoms with Crippen LogP contribution in [0.1, 0.15) is 30.9 Å². The molecule has 0 radical (unpaired) electrons. The molecule has 0 fully saturated rings. The maximum absolute atomic E-state index is 12.3. The van der Waals surface area contributed by atoms with Gasteiger partial charge in [0.25, 0.3) is 11.8 Å². The smallest absolute Gasteiger partial charge is 0.265 e. The second-order valence-electron chi connectivity index (χ2n) is 6.98. The molecular formula is C22H26N2O4. The number of carbonyl (C=O) groups excluding carboxylic acids is 2. The van der Waals surface area contributed by atoms with Crippen LogP contribution >= 0.6 is 0 Å². The summed E-state index contributed by atoms with van der Waals surface area (Å²) in [6.45, 7) is 6.60. The van der Waals surface area contributed by atoms with Crippen LogP contribution in [0.3, 0.4) is 0 Å². The number of fused-ring (bicyclic) bond motifs is 1. The van der Waals surface area contributed by atoms with Crippen molar-refractivity contribution >= 4 is 23.2 Å². The summed E-state index contributed by atoms with van der Waals surface area (Å²) in [6.07, 6.45) is 1.90. The lowest BCUT2D eigenvalue weighted by Gasteiger charge is -2.29. The Hall–Kier alpha value is -3.02. The molecule has 6 heteroatoms. The molecule has 1 aliphatic heterocycles. The van der Waals surface area contributed by atoms with Gasteiger partial charge in [-0.15, -0.1) is 0 Å². The number of unbranched alkanes of at least 4 members (excludes halogenated alkanes) is 1. The zero-order valence-corrected chi connectivity index (χ0v) is 16.6. The molecule has 0 atom stereocenters. The van der Waals surface area contributed by atoms with Gasteiger partial charge in [-0.2, -0.15) is 0 Å². The highest BCUT2D eigenvalue weighted by Crippen LogP contribution is 2.34. The first-order valence-electron chi connectivity index (χ1n) is 9.55. The average Bonchev–Trinajstić information content (AvgIpc) is 2.68. The third-order valence-corrected chi connectivity index (χ3v) is 4.62. The lowest BCUT2D eigenvalue weighted by atomic mass is 10.1. The molecule has 0 unspecified atom stereocenters. The second-order valence-corrected chi connectivity index (χ2v) is 6.98. The number of hydrogen-bond donors (Lipinski definition) is 1. The minimum absolute atomic E-state index is 0.0477. The van der Waals surface area contributed by atoms with Gasteiger partial charge in [0.15, 0.2) is 13.2 Å². The fourth-order valence-corrected chi connectivity index (χ4v) is 3.04. The van der Waals surface area contributed by atoms with Crippen molar-refractivity contribution in [2.24, 2.45) is 0 Å². The van der Waals surface area contributed by atoms with Crippen molar-refractivity contribution in [2.75, 3.05) is 30.0 Å². The number of benzene rings is 2. The molecule has 0 spiro atoms. The topological polar surface area (TPSA) is 67.9 Å². The molecule has 1 heterocycles. The summed E-state index contributed by atoms with van der Waals surface area (Å²) in [5.74, 6) is 1.03. The Balaban J connectivity index is 1.67. The first kappa shape index (κ1) is 19.7. The standard InChI is InChI=1S/C22H26N2O4/c1-4-5-10-24-18-12-17(8-9-19(18)28-14-22(24)26)23-21(25)13-27-20-11-15(2)6-7-16(20)3/h6-9,11-12H,4-5,10,13-14H2,1-3H3,(H,23,25).